The molecule has 1 amide bonds. The minimum absolute atomic E-state index is 0.0217. The van der Waals surface area contributed by atoms with E-state index in [4.69, 9.17) is 33.2 Å². The quantitative estimate of drug-likeness (QED) is 0.296. The number of hydrogen-bond donors (Lipinski definition) is 1. The van der Waals surface area contributed by atoms with E-state index in [1.54, 1.807) is 14.0 Å². The molecule has 12 nitrogen and oxygen atoms in total. The first-order valence-corrected chi connectivity index (χ1v) is 14.6. The molecule has 2 aliphatic rings. The number of nitrogens with one attached hydrogen (secondary N) is 1. The van der Waals surface area contributed by atoms with Gasteiger partial charge in [0.15, 0.2) is 17.2 Å². The molecule has 234 valence electrons. The van der Waals surface area contributed by atoms with E-state index < -0.39 is 49.0 Å². The average molecular weight is 601 g/mol. The van der Waals surface area contributed by atoms with Crippen LogP contribution in [0.5, 0.6) is 23.0 Å². The number of carbonyl (C=O) groups is 3. The molecule has 1 saturated heterocycles. The number of amides is 1. The molecule has 1 N–H and O–H groups in total. The minimum Gasteiger partial charge on any atom is -0.497 e. The van der Waals surface area contributed by atoms with E-state index in [0.29, 0.717) is 30.8 Å². The number of cyclic esters (lactones) is 1. The van der Waals surface area contributed by atoms with Gasteiger partial charge in [-0.1, -0.05) is 12.8 Å². The molecule has 0 radical (unpaired) electrons. The molecule has 4 atom stereocenters. The van der Waals surface area contributed by atoms with E-state index in [1.807, 2.05) is 24.3 Å². The number of rotatable bonds is 11. The molecule has 1 saturated carbocycles. The van der Waals surface area contributed by atoms with Crippen LogP contribution in [0.3, 0.4) is 0 Å². The van der Waals surface area contributed by atoms with Gasteiger partial charge in [-0.25, -0.2) is 9.78 Å². The number of methoxy groups -OCH3 is 2. The Hall–Kier alpha value is -4.06. The Kier molecular flexibility index (Phi) is 11.4. The molecule has 43 heavy (non-hydrogen) atoms. The highest BCUT2D eigenvalue weighted by atomic mass is 16.7. The van der Waals surface area contributed by atoms with Crippen molar-refractivity contribution in [3.63, 3.8) is 0 Å². The second-order valence-corrected chi connectivity index (χ2v) is 10.5. The Balaban J connectivity index is 1.51. The van der Waals surface area contributed by atoms with Crippen LogP contribution < -0.4 is 24.3 Å². The van der Waals surface area contributed by atoms with Gasteiger partial charge in [-0.3, -0.25) is 9.59 Å². The smallest absolute Gasteiger partial charge is 0.329 e. The molecule has 2 heterocycles. The molecule has 1 aliphatic carbocycles. The Labute approximate surface area is 251 Å². The van der Waals surface area contributed by atoms with E-state index in [-0.39, 0.29) is 23.3 Å². The first-order valence-electron chi connectivity index (χ1n) is 14.6. The zero-order valence-corrected chi connectivity index (χ0v) is 25.0. The monoisotopic (exact) mass is 600 g/mol. The van der Waals surface area contributed by atoms with Gasteiger partial charge in [-0.15, -0.1) is 0 Å². The number of pyridine rings is 1. The van der Waals surface area contributed by atoms with Crippen molar-refractivity contribution in [2.24, 2.45) is 0 Å². The van der Waals surface area contributed by atoms with Gasteiger partial charge in [0.1, 0.15) is 35.9 Å². The van der Waals surface area contributed by atoms with Gasteiger partial charge in [0, 0.05) is 19.2 Å². The lowest BCUT2D eigenvalue weighted by Crippen LogP contribution is -2.47. The number of nitrogens with zero attached hydrogens (tertiary/aromatic N) is 1. The number of carbonyl (C=O) groups excluding carboxylic acids is 3. The summed E-state index contributed by atoms with van der Waals surface area (Å²) >= 11 is 0. The van der Waals surface area contributed by atoms with Gasteiger partial charge in [-0.05, 0) is 63.3 Å². The lowest BCUT2D eigenvalue weighted by molar-refractivity contribution is -0.168. The maximum atomic E-state index is 13.4. The van der Waals surface area contributed by atoms with Crippen LogP contribution in [0, 0.1) is 0 Å². The Morgan fingerprint density at radius 3 is 2.37 bits per heavy atom. The third kappa shape index (κ3) is 8.73. The van der Waals surface area contributed by atoms with Crippen molar-refractivity contribution in [3.05, 3.63) is 42.2 Å². The van der Waals surface area contributed by atoms with E-state index in [9.17, 15) is 14.4 Å². The van der Waals surface area contributed by atoms with Gasteiger partial charge in [0.05, 0.1) is 20.3 Å². The van der Waals surface area contributed by atoms with Crippen molar-refractivity contribution in [3.8, 4) is 23.0 Å². The third-order valence-corrected chi connectivity index (χ3v) is 7.47. The fourth-order valence-electron chi connectivity index (χ4n) is 5.26. The number of hydrogen-bond acceptors (Lipinski definition) is 11. The van der Waals surface area contributed by atoms with Crippen LogP contribution in [0.15, 0.2) is 36.5 Å². The normalized spacial score (nSPS) is 22.7. The van der Waals surface area contributed by atoms with Crippen LogP contribution in [0.25, 0.3) is 0 Å². The number of aromatic nitrogens is 1. The summed E-state index contributed by atoms with van der Waals surface area (Å²) in [6.45, 7) is 2.58. The van der Waals surface area contributed by atoms with Crippen molar-refractivity contribution < 1.29 is 47.5 Å². The van der Waals surface area contributed by atoms with E-state index >= 15 is 0 Å². The van der Waals surface area contributed by atoms with E-state index in [2.05, 4.69) is 10.3 Å². The van der Waals surface area contributed by atoms with Crippen molar-refractivity contribution in [2.75, 3.05) is 21.0 Å². The summed E-state index contributed by atoms with van der Waals surface area (Å²) in [7, 11) is 3.01. The zero-order valence-electron chi connectivity index (χ0n) is 25.0. The zero-order chi connectivity index (χ0) is 30.8. The van der Waals surface area contributed by atoms with Gasteiger partial charge < -0.3 is 38.5 Å². The van der Waals surface area contributed by atoms with Crippen molar-refractivity contribution in [2.45, 2.75) is 89.3 Å². The summed E-state index contributed by atoms with van der Waals surface area (Å²) in [5.74, 6) is -0.256. The molecular formula is C31H40N2O10. The molecule has 12 heteroatoms. The summed E-state index contributed by atoms with van der Waals surface area (Å²) < 4.78 is 39.8. The highest BCUT2D eigenvalue weighted by molar-refractivity contribution is 5.98. The molecule has 1 aromatic carbocycles. The first kappa shape index (κ1) is 31.9. The van der Waals surface area contributed by atoms with Crippen LogP contribution in [0.2, 0.25) is 0 Å². The third-order valence-electron chi connectivity index (χ3n) is 7.47. The Morgan fingerprint density at radius 1 is 0.977 bits per heavy atom. The standard InChI is InChI=1S/C31H40N2O10/c1-19-28(43-22-8-5-6-9-22)26(42-23-14-12-21(37-3)13-15-23)11-7-10-24(31(36)41-19)33-30(35)27-29(40-18-39-20(2)34)25(38-4)16-17-32-27/h12-17,19,22,24,26,28H,5-11,18H2,1-4H3,(H,33,35)/t19-,24-,26-,28-/m0/s1. The van der Waals surface area contributed by atoms with Gasteiger partial charge in [0.25, 0.3) is 5.91 Å². The van der Waals surface area contributed by atoms with E-state index in [0.717, 1.165) is 25.7 Å². The first-order chi connectivity index (χ1) is 20.8. The SMILES string of the molecule is COc1ccc(O[C@H]2CCC[C@H](NC(=O)c3nccc(OC)c3OCOC(C)=O)C(=O)O[C@@H](C)[C@@H]2OC2CCCC2)cc1. The minimum atomic E-state index is -0.962. The Morgan fingerprint density at radius 2 is 1.70 bits per heavy atom. The summed E-state index contributed by atoms with van der Waals surface area (Å²) in [4.78, 5) is 42.1. The highest BCUT2D eigenvalue weighted by Crippen LogP contribution is 2.31. The Bertz CT molecular complexity index is 1230. The lowest BCUT2D eigenvalue weighted by atomic mass is 10.0. The fourth-order valence-corrected chi connectivity index (χ4v) is 5.26. The maximum Gasteiger partial charge on any atom is 0.329 e. The van der Waals surface area contributed by atoms with Crippen molar-refractivity contribution in [1.82, 2.24) is 10.3 Å². The molecular weight excluding hydrogens is 560 g/mol. The molecule has 2 aromatic rings. The molecule has 1 aromatic heterocycles. The average Bonchev–Trinajstić information content (AvgIpc) is 3.53. The second kappa shape index (κ2) is 15.4. The maximum absolute atomic E-state index is 13.4. The van der Waals surface area contributed by atoms with Crippen LogP contribution in [0.1, 0.15) is 69.3 Å². The predicted octanol–water partition coefficient (Wildman–Crippen LogP) is 3.99. The van der Waals surface area contributed by atoms with Gasteiger partial charge >= 0.3 is 11.9 Å². The van der Waals surface area contributed by atoms with Gasteiger partial charge in [0.2, 0.25) is 6.79 Å². The largest absolute Gasteiger partial charge is 0.497 e. The second-order valence-electron chi connectivity index (χ2n) is 10.5. The summed E-state index contributed by atoms with van der Waals surface area (Å²) in [5.41, 5.74) is -0.129. The number of esters is 2. The van der Waals surface area contributed by atoms with Crippen LogP contribution in [-0.4, -0.2) is 74.3 Å². The van der Waals surface area contributed by atoms with Gasteiger partial charge in [-0.2, -0.15) is 0 Å². The predicted molar refractivity (Wildman–Crippen MR) is 153 cm³/mol. The number of ether oxygens (including phenoxy) is 7. The number of benzene rings is 1. The summed E-state index contributed by atoms with van der Waals surface area (Å²) in [6.07, 6.45) is 5.36. The molecule has 0 spiro atoms. The summed E-state index contributed by atoms with van der Waals surface area (Å²) in [6, 6.07) is 7.85. The van der Waals surface area contributed by atoms with Crippen LogP contribution in [-0.2, 0) is 23.8 Å². The highest BCUT2D eigenvalue weighted by Gasteiger charge is 2.38. The van der Waals surface area contributed by atoms with Crippen LogP contribution >= 0.6 is 0 Å². The fraction of sp³-hybridized carbons (Fsp3) is 0.548. The van der Waals surface area contributed by atoms with Crippen molar-refractivity contribution in [1.29, 1.82) is 0 Å². The molecule has 0 unspecified atom stereocenters. The molecule has 1 aliphatic heterocycles. The van der Waals surface area contributed by atoms with E-state index in [1.165, 1.54) is 26.3 Å². The molecule has 2 fully saturated rings. The molecule has 0 bridgehead atoms. The lowest BCUT2D eigenvalue weighted by Gasteiger charge is -2.33. The van der Waals surface area contributed by atoms with Crippen molar-refractivity contribution >= 4 is 17.8 Å². The molecule has 4 rings (SSSR count). The topological polar surface area (TPSA) is 141 Å². The van der Waals surface area contributed by atoms with Crippen LogP contribution in [0.4, 0.5) is 0 Å². The summed E-state index contributed by atoms with van der Waals surface area (Å²) in [5, 5.41) is 2.74.